The molecule has 0 bridgehead atoms. The Bertz CT molecular complexity index is 839. The molecule has 1 heterocycles. The topological polar surface area (TPSA) is 64.6 Å². The van der Waals surface area contributed by atoms with E-state index in [9.17, 15) is 18.4 Å². The van der Waals surface area contributed by atoms with E-state index in [2.05, 4.69) is 5.32 Å². The van der Waals surface area contributed by atoms with Crippen molar-refractivity contribution < 1.29 is 27.8 Å². The van der Waals surface area contributed by atoms with E-state index >= 15 is 0 Å². The van der Waals surface area contributed by atoms with E-state index in [1.165, 1.54) is 12.1 Å². The molecule has 0 aliphatic carbocycles. The molecule has 2 aromatic carbocycles. The standard InChI is InChI=1S/C22H23F2NO4/c1-2-16-11-20(29-21(16)26)19(10-15-8-17(23)12-18(24)9-15)25-22(27)28-13-14-6-4-3-5-7-14/h3-9,12,16,19-20H,2,10-11,13H2,1H3,(H,25,27)/t16-,19+,20+/m1/s1. The summed E-state index contributed by atoms with van der Waals surface area (Å²) in [7, 11) is 0. The second-order valence-electron chi connectivity index (χ2n) is 7.11. The van der Waals surface area contributed by atoms with Gasteiger partial charge < -0.3 is 14.8 Å². The van der Waals surface area contributed by atoms with Crippen molar-refractivity contribution in [3.05, 3.63) is 71.3 Å². The van der Waals surface area contributed by atoms with Crippen LogP contribution >= 0.6 is 0 Å². The van der Waals surface area contributed by atoms with Crippen LogP contribution in [0.3, 0.4) is 0 Å². The van der Waals surface area contributed by atoms with Crippen LogP contribution in [-0.2, 0) is 27.3 Å². The number of cyclic esters (lactones) is 1. The summed E-state index contributed by atoms with van der Waals surface area (Å²) in [5.41, 5.74) is 1.18. The van der Waals surface area contributed by atoms with Gasteiger partial charge in [0.1, 0.15) is 24.3 Å². The normalized spacial score (nSPS) is 19.5. The number of carbonyl (C=O) groups excluding carboxylic acids is 2. The van der Waals surface area contributed by atoms with Gasteiger partial charge in [0.2, 0.25) is 0 Å². The molecule has 0 spiro atoms. The van der Waals surface area contributed by atoms with Crippen LogP contribution in [0.5, 0.6) is 0 Å². The number of rotatable bonds is 7. The van der Waals surface area contributed by atoms with E-state index in [4.69, 9.17) is 9.47 Å². The summed E-state index contributed by atoms with van der Waals surface area (Å²) in [5, 5.41) is 2.70. The number of alkyl carbamates (subject to hydrolysis) is 1. The lowest BCUT2D eigenvalue weighted by molar-refractivity contribution is -0.145. The van der Waals surface area contributed by atoms with Crippen LogP contribution in [0, 0.1) is 17.6 Å². The van der Waals surface area contributed by atoms with Crippen molar-refractivity contribution in [2.75, 3.05) is 0 Å². The Balaban J connectivity index is 1.69. The molecule has 0 unspecified atom stereocenters. The van der Waals surface area contributed by atoms with Gasteiger partial charge in [0.25, 0.3) is 0 Å². The van der Waals surface area contributed by atoms with E-state index in [1.54, 1.807) is 0 Å². The second-order valence-corrected chi connectivity index (χ2v) is 7.11. The number of ether oxygens (including phenoxy) is 2. The van der Waals surface area contributed by atoms with E-state index in [0.717, 1.165) is 11.6 Å². The molecule has 1 fully saturated rings. The zero-order valence-electron chi connectivity index (χ0n) is 16.1. The van der Waals surface area contributed by atoms with Gasteiger partial charge in [-0.3, -0.25) is 4.79 Å². The molecular weight excluding hydrogens is 380 g/mol. The molecule has 1 aliphatic rings. The zero-order valence-corrected chi connectivity index (χ0v) is 16.1. The molecule has 1 amide bonds. The third-order valence-corrected chi connectivity index (χ3v) is 4.95. The summed E-state index contributed by atoms with van der Waals surface area (Å²) < 4.78 is 37.8. The molecule has 3 atom stereocenters. The Morgan fingerprint density at radius 3 is 2.48 bits per heavy atom. The van der Waals surface area contributed by atoms with Crippen molar-refractivity contribution in [3.63, 3.8) is 0 Å². The molecule has 0 aromatic heterocycles. The highest BCUT2D eigenvalue weighted by Crippen LogP contribution is 2.27. The van der Waals surface area contributed by atoms with Crippen LogP contribution in [0.25, 0.3) is 0 Å². The van der Waals surface area contributed by atoms with Crippen LogP contribution in [0.15, 0.2) is 48.5 Å². The number of hydrogen-bond donors (Lipinski definition) is 1. The molecule has 7 heteroatoms. The number of halogens is 2. The molecule has 0 saturated carbocycles. The summed E-state index contributed by atoms with van der Waals surface area (Å²) in [6, 6.07) is 11.7. The average Bonchev–Trinajstić information content (AvgIpc) is 3.07. The predicted molar refractivity (Wildman–Crippen MR) is 102 cm³/mol. The minimum atomic E-state index is -0.708. The lowest BCUT2D eigenvalue weighted by Gasteiger charge is -2.24. The van der Waals surface area contributed by atoms with Crippen molar-refractivity contribution >= 4 is 12.1 Å². The van der Waals surface area contributed by atoms with Gasteiger partial charge in [0.05, 0.1) is 12.0 Å². The Kier molecular flexibility index (Phi) is 6.80. The molecule has 3 rings (SSSR count). The van der Waals surface area contributed by atoms with Crippen LogP contribution in [0.4, 0.5) is 13.6 Å². The first kappa shape index (κ1) is 20.8. The summed E-state index contributed by atoms with van der Waals surface area (Å²) in [6.07, 6.45) is -0.134. The molecule has 1 N–H and O–H groups in total. The maximum absolute atomic E-state index is 13.6. The van der Waals surface area contributed by atoms with Crippen molar-refractivity contribution in [1.29, 1.82) is 0 Å². The zero-order chi connectivity index (χ0) is 20.8. The van der Waals surface area contributed by atoms with Gasteiger partial charge in [0, 0.05) is 6.07 Å². The van der Waals surface area contributed by atoms with Gasteiger partial charge in [-0.2, -0.15) is 0 Å². The first-order valence-corrected chi connectivity index (χ1v) is 9.57. The fourth-order valence-electron chi connectivity index (χ4n) is 3.42. The number of carbonyl (C=O) groups is 2. The minimum absolute atomic E-state index is 0.0794. The third-order valence-electron chi connectivity index (χ3n) is 4.95. The quantitative estimate of drug-likeness (QED) is 0.706. The van der Waals surface area contributed by atoms with Crippen LogP contribution < -0.4 is 5.32 Å². The first-order chi connectivity index (χ1) is 13.9. The molecular formula is C22H23F2NO4. The van der Waals surface area contributed by atoms with Gasteiger partial charge >= 0.3 is 12.1 Å². The molecule has 1 aliphatic heterocycles. The lowest BCUT2D eigenvalue weighted by atomic mass is 9.94. The molecule has 29 heavy (non-hydrogen) atoms. The van der Waals surface area contributed by atoms with Crippen LogP contribution in [0.2, 0.25) is 0 Å². The number of esters is 1. The second kappa shape index (κ2) is 9.49. The Morgan fingerprint density at radius 1 is 1.17 bits per heavy atom. The van der Waals surface area contributed by atoms with Crippen LogP contribution in [-0.4, -0.2) is 24.2 Å². The lowest BCUT2D eigenvalue weighted by Crippen LogP contribution is -2.45. The van der Waals surface area contributed by atoms with E-state index < -0.39 is 29.9 Å². The fourth-order valence-corrected chi connectivity index (χ4v) is 3.42. The largest absolute Gasteiger partial charge is 0.460 e. The SMILES string of the molecule is CC[C@@H]1C[C@@H]([C@H](Cc2cc(F)cc(F)c2)NC(=O)OCc2ccccc2)OC1=O. The summed E-state index contributed by atoms with van der Waals surface area (Å²) in [6.45, 7) is 1.96. The molecule has 2 aromatic rings. The van der Waals surface area contributed by atoms with Crippen molar-refractivity contribution in [3.8, 4) is 0 Å². The summed E-state index contributed by atoms with van der Waals surface area (Å²) in [4.78, 5) is 24.3. The Morgan fingerprint density at radius 2 is 1.86 bits per heavy atom. The van der Waals surface area contributed by atoms with Crippen molar-refractivity contribution in [2.24, 2.45) is 5.92 Å². The maximum atomic E-state index is 13.6. The van der Waals surface area contributed by atoms with Crippen molar-refractivity contribution in [2.45, 2.75) is 44.9 Å². The Labute approximate surface area is 168 Å². The number of hydrogen-bond acceptors (Lipinski definition) is 4. The Hall–Kier alpha value is -2.96. The number of amides is 1. The van der Waals surface area contributed by atoms with Gasteiger partial charge in [-0.05, 0) is 42.5 Å². The van der Waals surface area contributed by atoms with E-state index in [1.807, 2.05) is 37.3 Å². The third kappa shape index (κ3) is 5.76. The molecule has 0 radical (unpaired) electrons. The highest BCUT2D eigenvalue weighted by Gasteiger charge is 2.38. The number of nitrogens with one attached hydrogen (secondary N) is 1. The van der Waals surface area contributed by atoms with Crippen molar-refractivity contribution in [1.82, 2.24) is 5.32 Å². The van der Waals surface area contributed by atoms with E-state index in [-0.39, 0.29) is 24.9 Å². The molecule has 1 saturated heterocycles. The van der Waals surface area contributed by atoms with Gasteiger partial charge in [-0.15, -0.1) is 0 Å². The van der Waals surface area contributed by atoms with E-state index in [0.29, 0.717) is 18.4 Å². The molecule has 5 nitrogen and oxygen atoms in total. The minimum Gasteiger partial charge on any atom is -0.460 e. The fraction of sp³-hybridized carbons (Fsp3) is 0.364. The first-order valence-electron chi connectivity index (χ1n) is 9.57. The molecule has 154 valence electrons. The smallest absolute Gasteiger partial charge is 0.407 e. The van der Waals surface area contributed by atoms with Crippen LogP contribution in [0.1, 0.15) is 30.9 Å². The highest BCUT2D eigenvalue weighted by atomic mass is 19.1. The maximum Gasteiger partial charge on any atom is 0.407 e. The van der Waals surface area contributed by atoms with Gasteiger partial charge in [-0.1, -0.05) is 37.3 Å². The monoisotopic (exact) mass is 403 g/mol. The summed E-state index contributed by atoms with van der Waals surface area (Å²) >= 11 is 0. The highest BCUT2D eigenvalue weighted by molar-refractivity contribution is 5.75. The average molecular weight is 403 g/mol. The predicted octanol–water partition coefficient (Wildman–Crippen LogP) is 4.14. The number of benzene rings is 2. The van der Waals surface area contributed by atoms with Gasteiger partial charge in [-0.25, -0.2) is 13.6 Å². The van der Waals surface area contributed by atoms with Gasteiger partial charge in [0.15, 0.2) is 0 Å². The summed E-state index contributed by atoms with van der Waals surface area (Å²) in [5.74, 6) is -2.00.